The van der Waals surface area contributed by atoms with Gasteiger partial charge < -0.3 is 4.74 Å². The van der Waals surface area contributed by atoms with E-state index in [1.165, 1.54) is 0 Å². The van der Waals surface area contributed by atoms with E-state index in [2.05, 4.69) is 0 Å². The van der Waals surface area contributed by atoms with Crippen molar-refractivity contribution in [1.29, 1.82) is 0 Å². The molecule has 1 atom stereocenters. The molecule has 0 saturated carbocycles. The van der Waals surface area contributed by atoms with Crippen LogP contribution in [0.5, 0.6) is 5.75 Å². The normalized spacial score (nSPS) is 13.1. The van der Waals surface area contributed by atoms with Gasteiger partial charge in [-0.05, 0) is 35.7 Å². The molecule has 0 heterocycles. The Kier molecular flexibility index (Phi) is 4.68. The molecule has 4 heteroatoms. The molecule has 0 N–H and O–H groups in total. The fourth-order valence-electron chi connectivity index (χ4n) is 2.47. The maximum absolute atomic E-state index is 12.9. The summed E-state index contributed by atoms with van der Waals surface area (Å²) in [6.07, 6.45) is 0. The topological polar surface area (TPSA) is 43.4 Å². The third kappa shape index (κ3) is 3.27. The molecule has 0 aliphatic rings. The quantitative estimate of drug-likeness (QED) is 0.842. The summed E-state index contributed by atoms with van der Waals surface area (Å²) in [4.78, 5) is 0.361. The van der Waals surface area contributed by atoms with Crippen molar-refractivity contribution in [3.63, 3.8) is 0 Å². The van der Waals surface area contributed by atoms with E-state index >= 15 is 0 Å². The number of ether oxygens (including phenoxy) is 1. The largest absolute Gasteiger partial charge is 0.497 e. The van der Waals surface area contributed by atoms with Crippen molar-refractivity contribution in [3.8, 4) is 5.75 Å². The van der Waals surface area contributed by atoms with Crippen LogP contribution in [-0.2, 0) is 9.84 Å². The first kappa shape index (κ1) is 15.6. The van der Waals surface area contributed by atoms with Gasteiger partial charge >= 0.3 is 0 Å². The van der Waals surface area contributed by atoms with Gasteiger partial charge in [-0.1, -0.05) is 44.2 Å². The van der Waals surface area contributed by atoms with E-state index in [0.29, 0.717) is 4.90 Å². The molecule has 0 aliphatic carbocycles. The summed E-state index contributed by atoms with van der Waals surface area (Å²) in [5, 5.41) is -0.564. The summed E-state index contributed by atoms with van der Waals surface area (Å²) in [6, 6.07) is 15.8. The minimum atomic E-state index is -3.41. The number of benzene rings is 2. The average Bonchev–Trinajstić information content (AvgIpc) is 2.48. The Balaban J connectivity index is 2.48. The first-order chi connectivity index (χ1) is 9.96. The molecule has 112 valence electrons. The van der Waals surface area contributed by atoms with Crippen molar-refractivity contribution in [2.75, 3.05) is 7.11 Å². The van der Waals surface area contributed by atoms with Crippen LogP contribution >= 0.6 is 0 Å². The van der Waals surface area contributed by atoms with E-state index in [9.17, 15) is 8.42 Å². The van der Waals surface area contributed by atoms with Crippen LogP contribution in [0.2, 0.25) is 0 Å². The first-order valence-electron chi connectivity index (χ1n) is 6.89. The molecule has 0 amide bonds. The lowest BCUT2D eigenvalue weighted by molar-refractivity contribution is 0.414. The van der Waals surface area contributed by atoms with Crippen molar-refractivity contribution in [3.05, 3.63) is 60.2 Å². The Hall–Kier alpha value is -1.81. The molecule has 1 unspecified atom stereocenters. The SMILES string of the molecule is COc1ccc(C(C(C)C)S(=O)(=O)c2ccccc2)cc1. The van der Waals surface area contributed by atoms with E-state index in [4.69, 9.17) is 4.74 Å². The standard InChI is InChI=1S/C17H20O3S/c1-13(2)17(14-9-11-15(20-3)12-10-14)21(18,19)16-7-5-4-6-8-16/h4-13,17H,1-3H3. The zero-order chi connectivity index (χ0) is 15.5. The van der Waals surface area contributed by atoms with E-state index < -0.39 is 15.1 Å². The van der Waals surface area contributed by atoms with Gasteiger partial charge in [-0.2, -0.15) is 0 Å². The molecule has 0 aromatic heterocycles. The van der Waals surface area contributed by atoms with Gasteiger partial charge in [0.2, 0.25) is 0 Å². The van der Waals surface area contributed by atoms with Crippen LogP contribution in [0.15, 0.2) is 59.5 Å². The molecule has 2 aromatic carbocycles. The monoisotopic (exact) mass is 304 g/mol. The van der Waals surface area contributed by atoms with Crippen LogP contribution in [0.1, 0.15) is 24.7 Å². The highest BCUT2D eigenvalue weighted by Gasteiger charge is 2.31. The fraction of sp³-hybridized carbons (Fsp3) is 0.294. The highest BCUT2D eigenvalue weighted by molar-refractivity contribution is 7.91. The number of hydrogen-bond acceptors (Lipinski definition) is 3. The van der Waals surface area contributed by atoms with Crippen LogP contribution in [-0.4, -0.2) is 15.5 Å². The second kappa shape index (κ2) is 6.31. The maximum atomic E-state index is 12.9. The lowest BCUT2D eigenvalue weighted by atomic mass is 10.0. The highest BCUT2D eigenvalue weighted by Crippen LogP contribution is 2.35. The van der Waals surface area contributed by atoms with Gasteiger partial charge in [-0.15, -0.1) is 0 Å². The van der Waals surface area contributed by atoms with Gasteiger partial charge in [-0.3, -0.25) is 0 Å². The van der Waals surface area contributed by atoms with Crippen molar-refractivity contribution in [2.24, 2.45) is 5.92 Å². The van der Waals surface area contributed by atoms with Gasteiger partial charge in [0, 0.05) is 0 Å². The smallest absolute Gasteiger partial charge is 0.185 e. The molecule has 0 fully saturated rings. The molecule has 3 nitrogen and oxygen atoms in total. The highest BCUT2D eigenvalue weighted by atomic mass is 32.2. The van der Waals surface area contributed by atoms with Gasteiger partial charge in [-0.25, -0.2) is 8.42 Å². The molecule has 21 heavy (non-hydrogen) atoms. The summed E-state index contributed by atoms with van der Waals surface area (Å²) in [5.74, 6) is 0.696. The zero-order valence-corrected chi connectivity index (χ0v) is 13.3. The maximum Gasteiger partial charge on any atom is 0.185 e. The molecule has 0 spiro atoms. The summed E-state index contributed by atoms with van der Waals surface area (Å²) in [5.41, 5.74) is 0.787. The van der Waals surface area contributed by atoms with Crippen molar-refractivity contribution >= 4 is 9.84 Å². The van der Waals surface area contributed by atoms with Gasteiger partial charge in [0.15, 0.2) is 9.84 Å². The molecule has 2 rings (SSSR count). The number of rotatable bonds is 5. The lowest BCUT2D eigenvalue weighted by Gasteiger charge is -2.22. The third-order valence-electron chi connectivity index (χ3n) is 3.46. The van der Waals surface area contributed by atoms with Crippen LogP contribution in [0.25, 0.3) is 0 Å². The van der Waals surface area contributed by atoms with Crippen molar-refractivity contribution in [1.82, 2.24) is 0 Å². The fourth-order valence-corrected chi connectivity index (χ4v) is 4.53. The number of hydrogen-bond donors (Lipinski definition) is 0. The van der Waals surface area contributed by atoms with Crippen LogP contribution in [0.4, 0.5) is 0 Å². The van der Waals surface area contributed by atoms with Crippen molar-refractivity contribution in [2.45, 2.75) is 24.0 Å². The van der Waals surface area contributed by atoms with Gasteiger partial charge in [0.05, 0.1) is 17.3 Å². The van der Waals surface area contributed by atoms with Crippen molar-refractivity contribution < 1.29 is 13.2 Å². The summed E-state index contributed by atoms with van der Waals surface area (Å²) < 4.78 is 30.9. The van der Waals surface area contributed by atoms with Crippen LogP contribution < -0.4 is 4.74 Å². The summed E-state index contributed by atoms with van der Waals surface area (Å²) in [7, 11) is -1.82. The Morgan fingerprint density at radius 1 is 0.905 bits per heavy atom. The Bertz CT molecular complexity index is 674. The minimum absolute atomic E-state index is 0.0244. The predicted molar refractivity (Wildman–Crippen MR) is 84.2 cm³/mol. The second-order valence-corrected chi connectivity index (χ2v) is 7.37. The third-order valence-corrected chi connectivity index (χ3v) is 5.87. The van der Waals surface area contributed by atoms with Gasteiger partial charge in [0.1, 0.15) is 5.75 Å². The summed E-state index contributed by atoms with van der Waals surface area (Å²) in [6.45, 7) is 3.85. The van der Waals surface area contributed by atoms with Gasteiger partial charge in [0.25, 0.3) is 0 Å². The molecule has 2 aromatic rings. The lowest BCUT2D eigenvalue weighted by Crippen LogP contribution is -2.19. The van der Waals surface area contributed by atoms with Crippen LogP contribution in [0, 0.1) is 5.92 Å². The zero-order valence-electron chi connectivity index (χ0n) is 12.5. The second-order valence-electron chi connectivity index (χ2n) is 5.30. The Labute approximate surface area is 126 Å². The molecular formula is C17H20O3S. The average molecular weight is 304 g/mol. The number of methoxy groups -OCH3 is 1. The predicted octanol–water partition coefficient (Wildman–Crippen LogP) is 3.87. The number of sulfone groups is 1. The minimum Gasteiger partial charge on any atom is -0.497 e. The molecule has 0 saturated heterocycles. The van der Waals surface area contributed by atoms with Crippen LogP contribution in [0.3, 0.4) is 0 Å². The molecule has 0 radical (unpaired) electrons. The molecule has 0 aliphatic heterocycles. The van der Waals surface area contributed by atoms with E-state index in [-0.39, 0.29) is 5.92 Å². The van der Waals surface area contributed by atoms with E-state index in [1.54, 1.807) is 43.5 Å². The summed E-state index contributed by atoms with van der Waals surface area (Å²) >= 11 is 0. The molecule has 0 bridgehead atoms. The first-order valence-corrected chi connectivity index (χ1v) is 8.44. The molecular weight excluding hydrogens is 284 g/mol. The Morgan fingerprint density at radius 3 is 1.95 bits per heavy atom. The van der Waals surface area contributed by atoms with E-state index in [1.807, 2.05) is 32.0 Å². The van der Waals surface area contributed by atoms with E-state index in [0.717, 1.165) is 11.3 Å². The Morgan fingerprint density at radius 2 is 1.48 bits per heavy atom.